The van der Waals surface area contributed by atoms with E-state index in [2.05, 4.69) is 11.2 Å². The fraction of sp³-hybridized carbons (Fsp3) is 0.417. The first kappa shape index (κ1) is 8.49. The summed E-state index contributed by atoms with van der Waals surface area (Å²) in [6.07, 6.45) is 7.46. The van der Waals surface area contributed by atoms with Gasteiger partial charge < -0.3 is 0 Å². The predicted octanol–water partition coefficient (Wildman–Crippen LogP) is 3.58. The smallest absolute Gasteiger partial charge is 0.0625 e. The van der Waals surface area contributed by atoms with Crippen LogP contribution < -0.4 is 0 Å². The zero-order chi connectivity index (χ0) is 8.93. The summed E-state index contributed by atoms with van der Waals surface area (Å²) in [5.41, 5.74) is 1.07. The van der Waals surface area contributed by atoms with Crippen LogP contribution in [0.3, 0.4) is 0 Å². The largest absolute Gasteiger partial charge is 0.261 e. The van der Waals surface area contributed by atoms with Gasteiger partial charge in [-0.15, -0.1) is 0 Å². The highest BCUT2D eigenvalue weighted by molar-refractivity contribution is 5.63. The van der Waals surface area contributed by atoms with Crippen LogP contribution in [-0.2, 0) is 0 Å². The zero-order valence-corrected chi connectivity index (χ0v) is 7.82. The minimum atomic E-state index is 0.924. The van der Waals surface area contributed by atoms with Crippen molar-refractivity contribution in [3.05, 3.63) is 30.3 Å². The number of nitrogens with zero attached hydrogens (tertiary/aromatic N) is 1. The van der Waals surface area contributed by atoms with E-state index in [1.165, 1.54) is 19.3 Å². The molecule has 2 rings (SSSR count). The Bertz CT molecular complexity index is 272. The Morgan fingerprint density at radius 1 is 1.23 bits per heavy atom. The maximum absolute atomic E-state index is 4.40. The highest BCUT2D eigenvalue weighted by Crippen LogP contribution is 2.28. The van der Waals surface area contributed by atoms with Crippen molar-refractivity contribution in [2.75, 3.05) is 0 Å². The molecule has 0 amide bonds. The molecule has 0 bridgehead atoms. The lowest BCUT2D eigenvalue weighted by atomic mass is 9.83. The first-order chi connectivity index (χ1) is 6.45. The molecule has 1 aromatic carbocycles. The minimum absolute atomic E-state index is 0.924. The van der Waals surface area contributed by atoms with E-state index in [0.29, 0.717) is 0 Å². The molecule has 1 heteroatoms. The van der Waals surface area contributed by atoms with Crippen LogP contribution in [0.2, 0.25) is 0 Å². The van der Waals surface area contributed by atoms with E-state index < -0.39 is 0 Å². The Kier molecular flexibility index (Phi) is 2.75. The molecule has 0 spiro atoms. The van der Waals surface area contributed by atoms with Gasteiger partial charge in [-0.2, -0.15) is 0 Å². The lowest BCUT2D eigenvalue weighted by Crippen LogP contribution is -2.10. The van der Waals surface area contributed by atoms with Gasteiger partial charge in [0.2, 0.25) is 0 Å². The fourth-order valence-corrected chi connectivity index (χ4v) is 1.55. The molecule has 1 nitrogen and oxygen atoms in total. The van der Waals surface area contributed by atoms with Gasteiger partial charge in [0.15, 0.2) is 0 Å². The van der Waals surface area contributed by atoms with Crippen molar-refractivity contribution in [1.29, 1.82) is 0 Å². The molecule has 1 aromatic rings. The third-order valence-electron chi connectivity index (χ3n) is 2.66. The van der Waals surface area contributed by atoms with E-state index in [4.69, 9.17) is 0 Å². The Morgan fingerprint density at radius 3 is 2.62 bits per heavy atom. The number of aliphatic imine (C=N–C) groups is 1. The number of rotatable bonds is 3. The summed E-state index contributed by atoms with van der Waals surface area (Å²) < 4.78 is 0. The van der Waals surface area contributed by atoms with Gasteiger partial charge in [-0.3, -0.25) is 4.99 Å². The van der Waals surface area contributed by atoms with Gasteiger partial charge in [0.05, 0.1) is 5.69 Å². The summed E-state index contributed by atoms with van der Waals surface area (Å²) >= 11 is 0. The Balaban J connectivity index is 1.83. The van der Waals surface area contributed by atoms with Crippen molar-refractivity contribution in [2.24, 2.45) is 10.9 Å². The molecule has 0 aliphatic heterocycles. The van der Waals surface area contributed by atoms with Gasteiger partial charge in [0.1, 0.15) is 0 Å². The van der Waals surface area contributed by atoms with E-state index in [1.54, 1.807) is 0 Å². The van der Waals surface area contributed by atoms with E-state index >= 15 is 0 Å². The van der Waals surface area contributed by atoms with Crippen molar-refractivity contribution < 1.29 is 0 Å². The molecule has 1 aliphatic carbocycles. The Morgan fingerprint density at radius 2 is 2.00 bits per heavy atom. The highest BCUT2D eigenvalue weighted by atomic mass is 14.7. The first-order valence-corrected chi connectivity index (χ1v) is 5.03. The molecule has 0 N–H and O–H groups in total. The van der Waals surface area contributed by atoms with E-state index in [0.717, 1.165) is 18.0 Å². The van der Waals surface area contributed by atoms with Gasteiger partial charge in [0, 0.05) is 6.21 Å². The van der Waals surface area contributed by atoms with Crippen molar-refractivity contribution in [1.82, 2.24) is 0 Å². The van der Waals surface area contributed by atoms with Gasteiger partial charge >= 0.3 is 0 Å². The number of hydrogen-bond donors (Lipinski definition) is 0. The standard InChI is InChI=1S/C12H15N/c1-2-7-12(8-3-1)13-10-9-11-5-4-6-11/h1-3,7-8,10-11H,4-6,9H2. The monoisotopic (exact) mass is 173 g/mol. The van der Waals surface area contributed by atoms with E-state index in [9.17, 15) is 0 Å². The zero-order valence-electron chi connectivity index (χ0n) is 7.82. The SMILES string of the molecule is C(CC1CCC1)=Nc1ccccc1. The third kappa shape index (κ3) is 2.41. The second kappa shape index (κ2) is 4.22. The van der Waals surface area contributed by atoms with Crippen molar-refractivity contribution in [3.8, 4) is 0 Å². The normalized spacial score (nSPS) is 17.5. The molecule has 0 atom stereocenters. The van der Waals surface area contributed by atoms with Crippen LogP contribution in [0, 0.1) is 5.92 Å². The van der Waals surface area contributed by atoms with Gasteiger partial charge in [-0.25, -0.2) is 0 Å². The third-order valence-corrected chi connectivity index (χ3v) is 2.66. The van der Waals surface area contributed by atoms with Crippen LogP contribution in [0.25, 0.3) is 0 Å². The average Bonchev–Trinajstić information content (AvgIpc) is 2.11. The quantitative estimate of drug-likeness (QED) is 0.619. The van der Waals surface area contributed by atoms with Crippen LogP contribution in [0.5, 0.6) is 0 Å². The maximum Gasteiger partial charge on any atom is 0.0625 e. The molecular weight excluding hydrogens is 158 g/mol. The molecular formula is C12H15N. The van der Waals surface area contributed by atoms with Crippen LogP contribution >= 0.6 is 0 Å². The lowest BCUT2D eigenvalue weighted by Gasteiger charge is -2.23. The minimum Gasteiger partial charge on any atom is -0.261 e. The molecule has 0 unspecified atom stereocenters. The Hall–Kier alpha value is -1.11. The van der Waals surface area contributed by atoms with Crippen LogP contribution in [-0.4, -0.2) is 6.21 Å². The molecule has 68 valence electrons. The molecule has 1 fully saturated rings. The predicted molar refractivity (Wildman–Crippen MR) is 56.6 cm³/mol. The Labute approximate surface area is 79.5 Å². The summed E-state index contributed by atoms with van der Waals surface area (Å²) in [7, 11) is 0. The molecule has 0 saturated heterocycles. The molecule has 0 radical (unpaired) electrons. The van der Waals surface area contributed by atoms with E-state index in [1.807, 2.05) is 30.3 Å². The van der Waals surface area contributed by atoms with Crippen LogP contribution in [0.15, 0.2) is 35.3 Å². The molecule has 13 heavy (non-hydrogen) atoms. The van der Waals surface area contributed by atoms with Gasteiger partial charge in [0.25, 0.3) is 0 Å². The highest BCUT2D eigenvalue weighted by Gasteiger charge is 2.15. The van der Waals surface area contributed by atoms with Crippen LogP contribution in [0.4, 0.5) is 5.69 Å². The number of para-hydroxylation sites is 1. The lowest BCUT2D eigenvalue weighted by molar-refractivity contribution is 0.329. The van der Waals surface area contributed by atoms with Crippen LogP contribution in [0.1, 0.15) is 25.7 Å². The molecule has 0 aromatic heterocycles. The summed E-state index contributed by atoms with van der Waals surface area (Å²) in [6, 6.07) is 10.1. The number of hydrogen-bond acceptors (Lipinski definition) is 1. The molecule has 0 heterocycles. The summed E-state index contributed by atoms with van der Waals surface area (Å²) in [5.74, 6) is 0.924. The molecule has 1 aliphatic rings. The second-order valence-electron chi connectivity index (χ2n) is 3.68. The topological polar surface area (TPSA) is 12.4 Å². The summed E-state index contributed by atoms with van der Waals surface area (Å²) in [6.45, 7) is 0. The van der Waals surface area contributed by atoms with E-state index in [-0.39, 0.29) is 0 Å². The summed E-state index contributed by atoms with van der Waals surface area (Å²) in [5, 5.41) is 0. The fourth-order valence-electron chi connectivity index (χ4n) is 1.55. The first-order valence-electron chi connectivity index (χ1n) is 5.03. The van der Waals surface area contributed by atoms with Gasteiger partial charge in [-0.05, 0) is 24.5 Å². The van der Waals surface area contributed by atoms with Crippen molar-refractivity contribution in [2.45, 2.75) is 25.7 Å². The average molecular weight is 173 g/mol. The van der Waals surface area contributed by atoms with Crippen molar-refractivity contribution in [3.63, 3.8) is 0 Å². The van der Waals surface area contributed by atoms with Gasteiger partial charge in [-0.1, -0.05) is 37.5 Å². The maximum atomic E-state index is 4.40. The van der Waals surface area contributed by atoms with Crippen molar-refractivity contribution >= 4 is 11.9 Å². The summed E-state index contributed by atoms with van der Waals surface area (Å²) in [4.78, 5) is 4.40. The second-order valence-corrected chi connectivity index (χ2v) is 3.68. The molecule has 1 saturated carbocycles. The number of benzene rings is 1.